The number of nitrogens with one attached hydrogen (secondary N) is 3. The summed E-state index contributed by atoms with van der Waals surface area (Å²) in [5.74, 6) is -0.300. The molecule has 3 N–H and O–H groups in total. The Morgan fingerprint density at radius 2 is 1.95 bits per heavy atom. The Morgan fingerprint density at radius 3 is 2.52 bits per heavy atom. The predicted molar refractivity (Wildman–Crippen MR) is 82.1 cm³/mol. The molecule has 21 heavy (non-hydrogen) atoms. The van der Waals surface area contributed by atoms with Gasteiger partial charge >= 0.3 is 6.03 Å². The first kappa shape index (κ1) is 17.9. The molecule has 0 aromatic rings. The Hall–Kier alpha value is -1.14. The summed E-state index contributed by atoms with van der Waals surface area (Å²) in [7, 11) is 0. The van der Waals surface area contributed by atoms with Crippen LogP contribution in [0, 0.1) is 0 Å². The molecule has 1 aliphatic rings. The van der Waals surface area contributed by atoms with Crippen molar-refractivity contribution in [2.24, 2.45) is 0 Å². The van der Waals surface area contributed by atoms with Crippen LogP contribution in [0.4, 0.5) is 4.79 Å². The van der Waals surface area contributed by atoms with E-state index in [2.05, 4.69) is 29.8 Å². The van der Waals surface area contributed by atoms with Gasteiger partial charge in [0.1, 0.15) is 0 Å². The van der Waals surface area contributed by atoms with E-state index in [-0.39, 0.29) is 17.6 Å². The number of urea groups is 1. The molecule has 1 rings (SSSR count). The highest BCUT2D eigenvalue weighted by molar-refractivity contribution is 5.96. The number of carbonyl (C=O) groups is 2. The quantitative estimate of drug-likeness (QED) is 0.695. The fourth-order valence-corrected chi connectivity index (χ4v) is 2.77. The second-order valence-corrected chi connectivity index (χ2v) is 5.67. The highest BCUT2D eigenvalue weighted by Gasteiger charge is 2.35. The van der Waals surface area contributed by atoms with Crippen molar-refractivity contribution in [1.82, 2.24) is 16.0 Å². The van der Waals surface area contributed by atoms with Crippen molar-refractivity contribution in [1.29, 1.82) is 0 Å². The molecule has 122 valence electrons. The van der Waals surface area contributed by atoms with Crippen LogP contribution in [0.15, 0.2) is 0 Å². The van der Waals surface area contributed by atoms with E-state index in [9.17, 15) is 9.59 Å². The first-order valence-corrected chi connectivity index (χ1v) is 7.95. The Morgan fingerprint density at radius 1 is 1.29 bits per heavy atom. The zero-order valence-electron chi connectivity index (χ0n) is 13.6. The lowest BCUT2D eigenvalue weighted by Crippen LogP contribution is -2.54. The summed E-state index contributed by atoms with van der Waals surface area (Å²) in [5, 5.41) is 8.20. The van der Waals surface area contributed by atoms with Gasteiger partial charge < -0.3 is 15.4 Å². The Bertz CT molecular complexity index is 356. The van der Waals surface area contributed by atoms with Gasteiger partial charge in [-0.25, -0.2) is 4.79 Å². The Kier molecular flexibility index (Phi) is 7.11. The van der Waals surface area contributed by atoms with E-state index in [1.807, 2.05) is 6.92 Å². The number of hydrogen-bond donors (Lipinski definition) is 3. The van der Waals surface area contributed by atoms with Crippen LogP contribution < -0.4 is 16.0 Å². The average molecular weight is 299 g/mol. The zero-order chi connectivity index (χ0) is 15.9. The molecule has 2 atom stereocenters. The van der Waals surface area contributed by atoms with E-state index < -0.39 is 12.1 Å². The van der Waals surface area contributed by atoms with Gasteiger partial charge in [-0.3, -0.25) is 10.1 Å². The van der Waals surface area contributed by atoms with Crippen LogP contribution in [0.25, 0.3) is 0 Å². The fraction of sp³-hybridized carbons (Fsp3) is 0.867. The standard InChI is InChI=1S/C15H29N3O3/c1-5-15(6-2)10-12(8-9-21-15)17-11(4)13(19)18-14(20)16-7-3/h11-12,17H,5-10H2,1-4H3,(H2,16,18,19,20). The number of rotatable bonds is 6. The lowest BCUT2D eigenvalue weighted by molar-refractivity contribution is -0.123. The molecule has 1 heterocycles. The highest BCUT2D eigenvalue weighted by atomic mass is 16.5. The van der Waals surface area contributed by atoms with Crippen molar-refractivity contribution in [2.45, 2.75) is 71.1 Å². The maximum atomic E-state index is 11.9. The third-order valence-corrected chi connectivity index (χ3v) is 4.23. The van der Waals surface area contributed by atoms with Crippen LogP contribution in [-0.2, 0) is 9.53 Å². The van der Waals surface area contributed by atoms with Gasteiger partial charge in [0, 0.05) is 19.2 Å². The van der Waals surface area contributed by atoms with E-state index in [0.717, 1.165) is 25.7 Å². The molecule has 0 saturated carbocycles. The molecule has 0 aliphatic carbocycles. The molecular weight excluding hydrogens is 270 g/mol. The van der Waals surface area contributed by atoms with E-state index >= 15 is 0 Å². The molecular formula is C15H29N3O3. The van der Waals surface area contributed by atoms with Crippen LogP contribution in [0.2, 0.25) is 0 Å². The summed E-state index contributed by atoms with van der Waals surface area (Å²) in [6.07, 6.45) is 3.74. The van der Waals surface area contributed by atoms with Crippen molar-refractivity contribution in [3.05, 3.63) is 0 Å². The van der Waals surface area contributed by atoms with Crippen LogP contribution in [0.1, 0.15) is 53.4 Å². The Labute approximate surface area is 127 Å². The molecule has 0 aromatic carbocycles. The molecule has 0 spiro atoms. The largest absolute Gasteiger partial charge is 0.375 e. The van der Waals surface area contributed by atoms with Crippen molar-refractivity contribution in [2.75, 3.05) is 13.2 Å². The van der Waals surface area contributed by atoms with Gasteiger partial charge in [0.2, 0.25) is 5.91 Å². The minimum absolute atomic E-state index is 0.0777. The second-order valence-electron chi connectivity index (χ2n) is 5.67. The maximum Gasteiger partial charge on any atom is 0.321 e. The summed E-state index contributed by atoms with van der Waals surface area (Å²) in [4.78, 5) is 23.3. The van der Waals surface area contributed by atoms with E-state index in [4.69, 9.17) is 4.74 Å². The molecule has 1 saturated heterocycles. The van der Waals surface area contributed by atoms with E-state index in [1.54, 1.807) is 6.92 Å². The minimum Gasteiger partial charge on any atom is -0.375 e. The fourth-order valence-electron chi connectivity index (χ4n) is 2.77. The van der Waals surface area contributed by atoms with Gasteiger partial charge in [-0.2, -0.15) is 0 Å². The van der Waals surface area contributed by atoms with E-state index in [1.165, 1.54) is 0 Å². The lowest BCUT2D eigenvalue weighted by Gasteiger charge is -2.41. The third kappa shape index (κ3) is 5.28. The molecule has 3 amide bonds. The topological polar surface area (TPSA) is 79.5 Å². The third-order valence-electron chi connectivity index (χ3n) is 4.23. The average Bonchev–Trinajstić information content (AvgIpc) is 2.47. The zero-order valence-corrected chi connectivity index (χ0v) is 13.6. The summed E-state index contributed by atoms with van der Waals surface area (Å²) < 4.78 is 5.93. The van der Waals surface area contributed by atoms with Gasteiger partial charge in [0.05, 0.1) is 11.6 Å². The summed E-state index contributed by atoms with van der Waals surface area (Å²) >= 11 is 0. The molecule has 0 aromatic heterocycles. The Balaban J connectivity index is 2.48. The van der Waals surface area contributed by atoms with Crippen molar-refractivity contribution in [3.63, 3.8) is 0 Å². The second kappa shape index (κ2) is 8.34. The molecule has 0 radical (unpaired) electrons. The van der Waals surface area contributed by atoms with Crippen LogP contribution in [0.3, 0.4) is 0 Å². The molecule has 6 heteroatoms. The van der Waals surface area contributed by atoms with Gasteiger partial charge in [-0.05, 0) is 39.5 Å². The number of ether oxygens (including phenoxy) is 1. The molecule has 0 bridgehead atoms. The number of amides is 3. The van der Waals surface area contributed by atoms with Gasteiger partial charge in [0.25, 0.3) is 0 Å². The minimum atomic E-state index is -0.445. The first-order chi connectivity index (χ1) is 9.96. The number of carbonyl (C=O) groups excluding carboxylic acids is 2. The van der Waals surface area contributed by atoms with Crippen molar-refractivity contribution >= 4 is 11.9 Å². The summed E-state index contributed by atoms with van der Waals surface area (Å²) in [6, 6.07) is -0.602. The normalized spacial score (nSPS) is 22.4. The van der Waals surface area contributed by atoms with Crippen LogP contribution >= 0.6 is 0 Å². The summed E-state index contributed by atoms with van der Waals surface area (Å²) in [6.45, 7) is 9.07. The molecule has 1 aliphatic heterocycles. The number of imide groups is 1. The number of hydrogen-bond acceptors (Lipinski definition) is 4. The van der Waals surface area contributed by atoms with Crippen LogP contribution in [0.5, 0.6) is 0 Å². The maximum absolute atomic E-state index is 11.9. The van der Waals surface area contributed by atoms with Crippen LogP contribution in [-0.4, -0.2) is 42.8 Å². The SMILES string of the molecule is CCNC(=O)NC(=O)C(C)NC1CCOC(CC)(CC)C1. The monoisotopic (exact) mass is 299 g/mol. The highest BCUT2D eigenvalue weighted by Crippen LogP contribution is 2.31. The predicted octanol–water partition coefficient (Wildman–Crippen LogP) is 1.55. The lowest BCUT2D eigenvalue weighted by atomic mass is 9.85. The van der Waals surface area contributed by atoms with E-state index in [0.29, 0.717) is 13.2 Å². The smallest absolute Gasteiger partial charge is 0.321 e. The van der Waals surface area contributed by atoms with Gasteiger partial charge in [0.15, 0.2) is 0 Å². The van der Waals surface area contributed by atoms with Crippen molar-refractivity contribution < 1.29 is 14.3 Å². The summed E-state index contributed by atoms with van der Waals surface area (Å²) in [5.41, 5.74) is -0.0777. The first-order valence-electron chi connectivity index (χ1n) is 7.95. The van der Waals surface area contributed by atoms with Gasteiger partial charge in [-0.1, -0.05) is 13.8 Å². The molecule has 1 fully saturated rings. The van der Waals surface area contributed by atoms with Crippen molar-refractivity contribution in [3.8, 4) is 0 Å². The molecule has 6 nitrogen and oxygen atoms in total. The van der Waals surface area contributed by atoms with Gasteiger partial charge in [-0.15, -0.1) is 0 Å². The molecule has 2 unspecified atom stereocenters.